The molecule has 2 aromatic heterocycles. The second-order valence-corrected chi connectivity index (χ2v) is 10.2. The summed E-state index contributed by atoms with van der Waals surface area (Å²) in [6.07, 6.45) is 2.11. The molecule has 1 aliphatic rings. The van der Waals surface area contributed by atoms with Crippen molar-refractivity contribution in [3.05, 3.63) is 81.5 Å². The maximum absolute atomic E-state index is 13.7. The number of carbonyl (C=O) groups is 1. The van der Waals surface area contributed by atoms with Gasteiger partial charge in [-0.25, -0.2) is 14.2 Å². The van der Waals surface area contributed by atoms with E-state index in [2.05, 4.69) is 15.1 Å². The first-order valence-electron chi connectivity index (χ1n) is 12.2. The highest BCUT2D eigenvalue weighted by Gasteiger charge is 2.36. The summed E-state index contributed by atoms with van der Waals surface area (Å²) >= 11 is 0. The van der Waals surface area contributed by atoms with Gasteiger partial charge in [0.05, 0.1) is 22.8 Å². The number of fused-ring (bicyclic) bond motifs is 1. The van der Waals surface area contributed by atoms with Crippen LogP contribution in [0.3, 0.4) is 0 Å². The van der Waals surface area contributed by atoms with Gasteiger partial charge in [0.2, 0.25) is 5.95 Å². The number of nitrogens with zero attached hydrogens (tertiary/aromatic N) is 3. The van der Waals surface area contributed by atoms with Crippen molar-refractivity contribution in [3.63, 3.8) is 0 Å². The van der Waals surface area contributed by atoms with E-state index in [1.165, 1.54) is 16.8 Å². The van der Waals surface area contributed by atoms with Crippen LogP contribution in [0.1, 0.15) is 56.5 Å². The lowest BCUT2D eigenvalue weighted by atomic mass is 10.0. The van der Waals surface area contributed by atoms with E-state index in [4.69, 9.17) is 4.74 Å². The Balaban J connectivity index is 1.54. The van der Waals surface area contributed by atoms with Gasteiger partial charge in [0.25, 0.3) is 5.56 Å². The van der Waals surface area contributed by atoms with Crippen molar-refractivity contribution >= 4 is 17.1 Å². The van der Waals surface area contributed by atoms with Crippen LogP contribution >= 0.6 is 0 Å². The van der Waals surface area contributed by atoms with Gasteiger partial charge in [0, 0.05) is 12.1 Å². The van der Waals surface area contributed by atoms with Gasteiger partial charge in [-0.3, -0.25) is 14.8 Å². The van der Waals surface area contributed by atoms with Gasteiger partial charge >= 0.3 is 6.09 Å². The number of likely N-dealkylation sites (tertiary alicyclic amines) is 1. The third kappa shape index (κ3) is 4.78. The fourth-order valence-electron chi connectivity index (χ4n) is 4.73. The lowest BCUT2D eigenvalue weighted by Crippen LogP contribution is -2.36. The van der Waals surface area contributed by atoms with Crippen molar-refractivity contribution < 1.29 is 13.9 Å². The van der Waals surface area contributed by atoms with Crippen LogP contribution in [0, 0.1) is 5.82 Å². The Morgan fingerprint density at radius 3 is 2.61 bits per heavy atom. The topological polar surface area (TPSA) is 96.0 Å². The minimum absolute atomic E-state index is 0.220. The molecule has 3 heterocycles. The number of benzene rings is 2. The van der Waals surface area contributed by atoms with Gasteiger partial charge in [-0.15, -0.1) is 0 Å². The van der Waals surface area contributed by atoms with E-state index < -0.39 is 11.7 Å². The molecule has 2 aromatic carbocycles. The Labute approximate surface area is 208 Å². The molecule has 0 saturated carbocycles. The molecule has 8 nitrogen and oxygen atoms in total. The van der Waals surface area contributed by atoms with Crippen LogP contribution in [0.2, 0.25) is 0 Å². The summed E-state index contributed by atoms with van der Waals surface area (Å²) in [6, 6.07) is 13.5. The van der Waals surface area contributed by atoms with Gasteiger partial charge in [-0.2, -0.15) is 4.68 Å². The highest BCUT2D eigenvalue weighted by atomic mass is 19.1. The number of aromatic nitrogens is 4. The summed E-state index contributed by atoms with van der Waals surface area (Å²) in [4.78, 5) is 36.2. The summed E-state index contributed by atoms with van der Waals surface area (Å²) < 4.78 is 20.4. The zero-order valence-electron chi connectivity index (χ0n) is 20.7. The van der Waals surface area contributed by atoms with Crippen molar-refractivity contribution in [2.24, 2.45) is 0 Å². The molecule has 5 rings (SSSR count). The predicted molar refractivity (Wildman–Crippen MR) is 135 cm³/mol. The largest absolute Gasteiger partial charge is 0.444 e. The lowest BCUT2D eigenvalue weighted by Gasteiger charge is -2.28. The van der Waals surface area contributed by atoms with Gasteiger partial charge < -0.3 is 9.72 Å². The van der Waals surface area contributed by atoms with E-state index in [0.717, 1.165) is 23.0 Å². The molecule has 36 heavy (non-hydrogen) atoms. The van der Waals surface area contributed by atoms with Crippen molar-refractivity contribution in [3.8, 4) is 5.95 Å². The molecule has 2 N–H and O–H groups in total. The number of nitrogens with one attached hydrogen (secondary N) is 2. The number of amides is 1. The molecular weight excluding hydrogens is 461 g/mol. The van der Waals surface area contributed by atoms with Crippen LogP contribution in [-0.2, 0) is 17.6 Å². The molecule has 0 unspecified atom stereocenters. The third-order valence-corrected chi connectivity index (χ3v) is 6.40. The quantitative estimate of drug-likeness (QED) is 0.409. The second kappa shape index (κ2) is 9.29. The van der Waals surface area contributed by atoms with Crippen LogP contribution in [0.25, 0.3) is 17.0 Å². The minimum atomic E-state index is -0.622. The molecule has 4 aromatic rings. The zero-order valence-corrected chi connectivity index (χ0v) is 20.7. The standard InChI is InChI=1S/C27H30FN5O3/c1-27(2,3)36-26(35)32-16-6-9-22(32)23-19(15-12-17-10-13-18(28)14-11-17)24(34)33(31-23)25-29-20-7-4-5-8-21(20)30-25/h4-5,7-8,10-11,13-14,22,31H,6,9,12,15-16H2,1-3H3,(H,29,30)/t22-/m0/s1. The fraction of sp³-hybridized carbons (Fsp3) is 0.370. The minimum Gasteiger partial charge on any atom is -0.444 e. The average Bonchev–Trinajstić information content (AvgIpc) is 3.54. The lowest BCUT2D eigenvalue weighted by molar-refractivity contribution is 0.0220. The highest BCUT2D eigenvalue weighted by molar-refractivity contribution is 5.76. The monoisotopic (exact) mass is 491 g/mol. The summed E-state index contributed by atoms with van der Waals surface area (Å²) in [5.74, 6) is 0.0876. The Morgan fingerprint density at radius 2 is 1.89 bits per heavy atom. The SMILES string of the molecule is CC(C)(C)OC(=O)N1CCC[C@H]1c1[nH]n(-c2nc3ccccc3[nH]2)c(=O)c1CCc1ccc(F)cc1. The number of halogens is 1. The molecule has 0 aliphatic carbocycles. The fourth-order valence-corrected chi connectivity index (χ4v) is 4.73. The van der Waals surface area contributed by atoms with Crippen LogP contribution < -0.4 is 5.56 Å². The molecule has 0 radical (unpaired) electrons. The van der Waals surface area contributed by atoms with E-state index >= 15 is 0 Å². The summed E-state index contributed by atoms with van der Waals surface area (Å²) in [5.41, 5.74) is 2.92. The number of aromatic amines is 2. The molecule has 1 amide bonds. The molecule has 0 spiro atoms. The highest BCUT2D eigenvalue weighted by Crippen LogP contribution is 2.34. The third-order valence-electron chi connectivity index (χ3n) is 6.40. The number of hydrogen-bond acceptors (Lipinski definition) is 4. The maximum atomic E-state index is 13.7. The van der Waals surface area contributed by atoms with Crippen molar-refractivity contribution in [1.29, 1.82) is 0 Å². The smallest absolute Gasteiger partial charge is 0.410 e. The molecule has 1 fully saturated rings. The van der Waals surface area contributed by atoms with Crippen molar-refractivity contribution in [2.45, 2.75) is 58.1 Å². The van der Waals surface area contributed by atoms with Gasteiger partial charge in [0.1, 0.15) is 11.4 Å². The second-order valence-electron chi connectivity index (χ2n) is 10.2. The molecule has 9 heteroatoms. The average molecular weight is 492 g/mol. The molecule has 1 atom stereocenters. The van der Waals surface area contributed by atoms with Gasteiger partial charge in [-0.1, -0.05) is 24.3 Å². The number of aryl methyl sites for hydroxylation is 1. The predicted octanol–water partition coefficient (Wildman–Crippen LogP) is 5.04. The van der Waals surface area contributed by atoms with Crippen LogP contribution in [0.15, 0.2) is 53.3 Å². The first kappa shape index (κ1) is 23.8. The first-order valence-corrected chi connectivity index (χ1v) is 12.2. The number of carbonyl (C=O) groups excluding carboxylic acids is 1. The normalized spacial score (nSPS) is 16.1. The molecule has 1 aliphatic heterocycles. The number of rotatable bonds is 5. The Morgan fingerprint density at radius 1 is 1.14 bits per heavy atom. The Bertz CT molecular complexity index is 1410. The van der Waals surface area contributed by atoms with Crippen LogP contribution in [0.4, 0.5) is 9.18 Å². The zero-order chi connectivity index (χ0) is 25.4. The Hall–Kier alpha value is -3.88. The van der Waals surface area contributed by atoms with E-state index in [1.807, 2.05) is 45.0 Å². The van der Waals surface area contributed by atoms with Gasteiger partial charge in [0.15, 0.2) is 0 Å². The van der Waals surface area contributed by atoms with Gasteiger partial charge in [-0.05, 0) is 76.3 Å². The molecular formula is C27H30FN5O3. The summed E-state index contributed by atoms with van der Waals surface area (Å²) in [6.45, 7) is 6.06. The van der Waals surface area contributed by atoms with Crippen molar-refractivity contribution in [1.82, 2.24) is 24.6 Å². The maximum Gasteiger partial charge on any atom is 0.410 e. The number of imidazole rings is 1. The molecule has 188 valence electrons. The summed E-state index contributed by atoms with van der Waals surface area (Å²) in [5, 5.41) is 3.26. The van der Waals surface area contributed by atoms with Crippen molar-refractivity contribution in [2.75, 3.05) is 6.54 Å². The van der Waals surface area contributed by atoms with E-state index in [1.54, 1.807) is 17.0 Å². The number of hydrogen-bond donors (Lipinski definition) is 2. The van der Waals surface area contributed by atoms with Crippen LogP contribution in [0.5, 0.6) is 0 Å². The van der Waals surface area contributed by atoms with E-state index in [9.17, 15) is 14.0 Å². The first-order chi connectivity index (χ1) is 17.2. The Kier molecular flexibility index (Phi) is 6.15. The number of ether oxygens (including phenoxy) is 1. The van der Waals surface area contributed by atoms with Crippen LogP contribution in [-0.4, -0.2) is 42.9 Å². The van der Waals surface area contributed by atoms with E-state index in [-0.39, 0.29) is 17.4 Å². The number of H-pyrrole nitrogens is 2. The number of para-hydroxylation sites is 2. The molecule has 0 bridgehead atoms. The van der Waals surface area contributed by atoms with E-state index in [0.29, 0.717) is 43.0 Å². The molecule has 1 saturated heterocycles. The summed E-state index contributed by atoms with van der Waals surface area (Å²) in [7, 11) is 0.